The molecule has 0 aliphatic carbocycles. The van der Waals surface area contributed by atoms with E-state index in [0.717, 1.165) is 0 Å². The van der Waals surface area contributed by atoms with Crippen LogP contribution in [-0.4, -0.2) is 93.1 Å². The van der Waals surface area contributed by atoms with Crippen LogP contribution in [0.25, 0.3) is 0 Å². The fourth-order valence-corrected chi connectivity index (χ4v) is 2.87. The molecule has 13 heteroatoms. The van der Waals surface area contributed by atoms with Gasteiger partial charge in [-0.05, 0) is 32.3 Å². The molecule has 0 aromatic carbocycles. The van der Waals surface area contributed by atoms with Gasteiger partial charge in [0.2, 0.25) is 17.7 Å². The fraction of sp³-hybridized carbons (Fsp3) is 0.750. The topological polar surface area (TPSA) is 191 Å². The zero-order chi connectivity index (χ0) is 22.7. The highest BCUT2D eigenvalue weighted by Gasteiger charge is 2.34. The van der Waals surface area contributed by atoms with Gasteiger partial charge in [-0.15, -0.1) is 0 Å². The van der Waals surface area contributed by atoms with Crippen LogP contribution in [0.4, 0.5) is 0 Å². The number of thiol groups is 1. The lowest BCUT2D eigenvalue weighted by molar-refractivity contribution is -0.142. The number of nitrogens with one attached hydrogen (secondary N) is 3. The Hall–Kier alpha value is -1.54. The number of nitrogens with two attached hydrogens (primary N) is 1. The molecule has 0 saturated carbocycles. The molecule has 29 heavy (non-hydrogen) atoms. The third kappa shape index (κ3) is 9.67. The molecule has 0 fully saturated rings. The number of hydrogen-bond donors (Lipinski definition) is 8. The van der Waals surface area contributed by atoms with Crippen LogP contribution in [0.5, 0.6) is 0 Å². The zero-order valence-corrected chi connectivity index (χ0v) is 18.2. The molecule has 0 aliphatic rings. The standard InChI is InChI=1S/C16H30N4O7S2/c1-7(21)11(14(24)18-10(6-28)16(26)27)20-15(25)12(8(2)22)19-13(23)9(17)4-5-29-3/h7-12,21-22,28H,4-6,17H2,1-3H3,(H,18,24)(H,19,23)(H,20,25)(H,26,27). The second-order valence-electron chi connectivity index (χ2n) is 6.42. The van der Waals surface area contributed by atoms with Crippen LogP contribution in [0.1, 0.15) is 20.3 Å². The third-order valence-electron chi connectivity index (χ3n) is 3.89. The van der Waals surface area contributed by atoms with Gasteiger partial charge in [0.25, 0.3) is 0 Å². The number of carboxylic acids is 1. The minimum absolute atomic E-state index is 0.207. The van der Waals surface area contributed by atoms with E-state index in [1.807, 2.05) is 6.26 Å². The van der Waals surface area contributed by atoms with Gasteiger partial charge < -0.3 is 37.0 Å². The van der Waals surface area contributed by atoms with Gasteiger partial charge in [0.15, 0.2) is 0 Å². The predicted molar refractivity (Wildman–Crippen MR) is 112 cm³/mol. The van der Waals surface area contributed by atoms with Crippen molar-refractivity contribution in [1.29, 1.82) is 0 Å². The Morgan fingerprint density at radius 2 is 1.41 bits per heavy atom. The number of aliphatic carboxylic acids is 1. The average Bonchev–Trinajstić information content (AvgIpc) is 2.64. The van der Waals surface area contributed by atoms with E-state index in [1.165, 1.54) is 25.6 Å². The molecule has 0 aromatic heterocycles. The number of amides is 3. The molecule has 0 aliphatic heterocycles. The van der Waals surface area contributed by atoms with Crippen molar-refractivity contribution in [3.63, 3.8) is 0 Å². The van der Waals surface area contributed by atoms with Crippen LogP contribution >= 0.6 is 24.4 Å². The van der Waals surface area contributed by atoms with Crippen molar-refractivity contribution in [3.05, 3.63) is 0 Å². The second kappa shape index (κ2) is 13.6. The molecule has 0 rings (SSSR count). The van der Waals surface area contributed by atoms with Crippen LogP contribution in [0.15, 0.2) is 0 Å². The maximum absolute atomic E-state index is 12.5. The van der Waals surface area contributed by atoms with Crippen molar-refractivity contribution in [2.45, 2.75) is 56.6 Å². The lowest BCUT2D eigenvalue weighted by Gasteiger charge is -2.27. The molecule has 168 valence electrons. The minimum Gasteiger partial charge on any atom is -0.480 e. The van der Waals surface area contributed by atoms with Crippen molar-refractivity contribution in [2.75, 3.05) is 17.8 Å². The summed E-state index contributed by atoms with van der Waals surface area (Å²) in [5.74, 6) is -3.47. The maximum Gasteiger partial charge on any atom is 0.327 e. The molecule has 8 N–H and O–H groups in total. The summed E-state index contributed by atoms with van der Waals surface area (Å²) in [7, 11) is 0. The van der Waals surface area contributed by atoms with Crippen molar-refractivity contribution in [1.82, 2.24) is 16.0 Å². The molecule has 6 unspecified atom stereocenters. The fourth-order valence-electron chi connectivity index (χ4n) is 2.14. The molecular formula is C16H30N4O7S2. The van der Waals surface area contributed by atoms with Gasteiger partial charge in [0.1, 0.15) is 18.1 Å². The molecule has 0 spiro atoms. The summed E-state index contributed by atoms with van der Waals surface area (Å²) in [5.41, 5.74) is 5.74. The number of hydrogen-bond acceptors (Lipinski definition) is 9. The Morgan fingerprint density at radius 1 is 0.966 bits per heavy atom. The first kappa shape index (κ1) is 27.5. The van der Waals surface area contributed by atoms with Crippen LogP contribution in [0.2, 0.25) is 0 Å². The van der Waals surface area contributed by atoms with Crippen LogP contribution < -0.4 is 21.7 Å². The SMILES string of the molecule is CSCCC(N)C(=O)NC(C(=O)NC(C(=O)NC(CS)C(=O)O)C(C)O)C(C)O. The first-order valence-electron chi connectivity index (χ1n) is 8.81. The Bertz CT molecular complexity index is 577. The second-order valence-corrected chi connectivity index (χ2v) is 7.77. The van der Waals surface area contributed by atoms with Crippen LogP contribution in [-0.2, 0) is 19.2 Å². The quantitative estimate of drug-likeness (QED) is 0.137. The highest BCUT2D eigenvalue weighted by Crippen LogP contribution is 2.03. The monoisotopic (exact) mass is 454 g/mol. The Morgan fingerprint density at radius 3 is 1.79 bits per heavy atom. The smallest absolute Gasteiger partial charge is 0.327 e. The number of rotatable bonds is 13. The molecule has 0 heterocycles. The first-order chi connectivity index (χ1) is 13.5. The van der Waals surface area contributed by atoms with Gasteiger partial charge in [-0.2, -0.15) is 24.4 Å². The summed E-state index contributed by atoms with van der Waals surface area (Å²) in [6, 6.07) is -5.17. The molecule has 0 saturated heterocycles. The largest absolute Gasteiger partial charge is 0.480 e. The van der Waals surface area contributed by atoms with Crippen molar-refractivity contribution < 1.29 is 34.5 Å². The number of carbonyl (C=O) groups is 4. The van der Waals surface area contributed by atoms with E-state index in [4.69, 9.17) is 10.8 Å². The lowest BCUT2D eigenvalue weighted by atomic mass is 10.1. The summed E-state index contributed by atoms with van der Waals surface area (Å²) in [4.78, 5) is 48.0. The molecule has 0 aromatic rings. The van der Waals surface area contributed by atoms with Crippen molar-refractivity contribution in [2.24, 2.45) is 5.73 Å². The highest BCUT2D eigenvalue weighted by molar-refractivity contribution is 7.98. The van der Waals surface area contributed by atoms with Gasteiger partial charge in [-0.1, -0.05) is 0 Å². The summed E-state index contributed by atoms with van der Waals surface area (Å²) in [6.07, 6.45) is -0.503. The molecule has 6 atom stereocenters. The Kier molecular flexibility index (Phi) is 12.9. The highest BCUT2D eigenvalue weighted by atomic mass is 32.2. The number of aliphatic hydroxyl groups is 2. The minimum atomic E-state index is -1.52. The van der Waals surface area contributed by atoms with Gasteiger partial charge in [-0.25, -0.2) is 4.79 Å². The number of aliphatic hydroxyl groups excluding tert-OH is 2. The van der Waals surface area contributed by atoms with E-state index in [0.29, 0.717) is 12.2 Å². The molecular weight excluding hydrogens is 424 g/mol. The normalized spacial score (nSPS) is 17.2. The molecule has 3 amide bonds. The van der Waals surface area contributed by atoms with Crippen molar-refractivity contribution >= 4 is 48.1 Å². The van der Waals surface area contributed by atoms with Crippen LogP contribution in [0.3, 0.4) is 0 Å². The van der Waals surface area contributed by atoms with E-state index in [9.17, 15) is 29.4 Å². The van der Waals surface area contributed by atoms with E-state index < -0.39 is 60.1 Å². The lowest BCUT2D eigenvalue weighted by Crippen LogP contribution is -2.62. The van der Waals surface area contributed by atoms with Crippen molar-refractivity contribution in [3.8, 4) is 0 Å². The van der Waals surface area contributed by atoms with E-state index >= 15 is 0 Å². The van der Waals surface area contributed by atoms with Gasteiger partial charge in [0.05, 0.1) is 18.2 Å². The Balaban J connectivity index is 5.21. The summed E-state index contributed by atoms with van der Waals surface area (Å²) >= 11 is 5.31. The number of thioether (sulfide) groups is 1. The maximum atomic E-state index is 12.5. The average molecular weight is 455 g/mol. The third-order valence-corrected chi connectivity index (χ3v) is 4.90. The van der Waals surface area contributed by atoms with Gasteiger partial charge >= 0.3 is 5.97 Å². The van der Waals surface area contributed by atoms with E-state index in [2.05, 4.69) is 28.6 Å². The van der Waals surface area contributed by atoms with E-state index in [-0.39, 0.29) is 5.75 Å². The van der Waals surface area contributed by atoms with Crippen LogP contribution in [0, 0.1) is 0 Å². The Labute approximate surface area is 179 Å². The summed E-state index contributed by atoms with van der Waals surface area (Å²) < 4.78 is 0. The molecule has 11 nitrogen and oxygen atoms in total. The van der Waals surface area contributed by atoms with Gasteiger partial charge in [-0.3, -0.25) is 14.4 Å². The molecule has 0 bridgehead atoms. The number of carboxylic acid groups (broad SMARTS) is 1. The predicted octanol–water partition coefficient (Wildman–Crippen LogP) is -2.70. The van der Waals surface area contributed by atoms with E-state index in [1.54, 1.807) is 0 Å². The summed E-state index contributed by atoms with van der Waals surface area (Å²) in [6.45, 7) is 2.48. The van der Waals surface area contributed by atoms with Gasteiger partial charge in [0, 0.05) is 5.75 Å². The first-order valence-corrected chi connectivity index (χ1v) is 10.8. The molecule has 0 radical (unpaired) electrons. The number of carbonyl (C=O) groups excluding carboxylic acids is 3. The summed E-state index contributed by atoms with van der Waals surface area (Å²) in [5, 5.41) is 35.4. The zero-order valence-electron chi connectivity index (χ0n) is 16.5.